The number of carbonyl (C=O) groups excluding carboxylic acids is 2. The standard InChI is InChI=1S/C41H60ClN5O6S2/c1-6-9-30-24-34(42)13-15-35(30)33-27-47(37-25-31(12-16-39(37)53-28-33)40(49)41(50)43-54-44(3)4)26-32-11-14-36(32)38(10-7-8-17-45(5)29(2)48)52-21-18-46-19-22-55(51)23-20-46/h7,10,12-13,15-16,24-25,32-33,36,38,40,49H,6,8-9,11,14,17-23,26-28H2,1-5H3,(H,43,50)/b10-7+. The van der Waals surface area contributed by atoms with E-state index in [4.69, 9.17) is 21.1 Å². The van der Waals surface area contributed by atoms with Crippen molar-refractivity contribution in [2.24, 2.45) is 11.8 Å². The number of halogens is 1. The van der Waals surface area contributed by atoms with Crippen molar-refractivity contribution in [2.45, 2.75) is 64.1 Å². The molecule has 2 N–H and O–H groups in total. The maximum absolute atomic E-state index is 12.9. The number of fused-ring (bicyclic) bond motifs is 1. The topological polar surface area (TPSA) is 115 Å². The maximum atomic E-state index is 12.9. The van der Waals surface area contributed by atoms with Gasteiger partial charge in [0.2, 0.25) is 5.91 Å². The minimum Gasteiger partial charge on any atom is -0.491 e. The number of aliphatic hydroxyl groups is 1. The average molecular weight is 819 g/mol. The summed E-state index contributed by atoms with van der Waals surface area (Å²) in [4.78, 5) is 31.2. The van der Waals surface area contributed by atoms with E-state index in [2.05, 4.69) is 45.7 Å². The van der Waals surface area contributed by atoms with Crippen molar-refractivity contribution < 1.29 is 28.4 Å². The number of ether oxygens (including phenoxy) is 2. The summed E-state index contributed by atoms with van der Waals surface area (Å²) in [5.41, 5.74) is 3.84. The molecule has 0 spiro atoms. The lowest BCUT2D eigenvalue weighted by atomic mass is 9.70. The summed E-state index contributed by atoms with van der Waals surface area (Å²) < 4.78 is 29.6. The molecule has 2 aromatic rings. The van der Waals surface area contributed by atoms with Gasteiger partial charge in [-0.2, -0.15) is 0 Å². The van der Waals surface area contributed by atoms with Crippen molar-refractivity contribution >= 4 is 52.0 Å². The molecule has 2 aromatic carbocycles. The van der Waals surface area contributed by atoms with Crippen LogP contribution in [0.1, 0.15) is 68.2 Å². The van der Waals surface area contributed by atoms with Crippen LogP contribution in [-0.4, -0.2) is 126 Å². The number of carbonyl (C=O) groups is 2. The molecule has 1 saturated heterocycles. The van der Waals surface area contributed by atoms with Gasteiger partial charge in [0.25, 0.3) is 5.91 Å². The lowest BCUT2D eigenvalue weighted by Gasteiger charge is -2.44. The zero-order valence-electron chi connectivity index (χ0n) is 33.1. The first-order valence-corrected chi connectivity index (χ1v) is 22.3. The Morgan fingerprint density at radius 2 is 1.95 bits per heavy atom. The molecule has 2 heterocycles. The first kappa shape index (κ1) is 43.5. The second kappa shape index (κ2) is 21.2. The van der Waals surface area contributed by atoms with Crippen LogP contribution in [0.25, 0.3) is 0 Å². The predicted octanol–water partition coefficient (Wildman–Crippen LogP) is 5.45. The number of benzene rings is 2. The van der Waals surface area contributed by atoms with E-state index in [1.54, 1.807) is 22.2 Å². The van der Waals surface area contributed by atoms with Crippen LogP contribution >= 0.6 is 23.7 Å². The highest BCUT2D eigenvalue weighted by atomic mass is 35.5. The summed E-state index contributed by atoms with van der Waals surface area (Å²) in [7, 11) is 4.75. The molecule has 5 rings (SSSR count). The molecule has 2 aliphatic heterocycles. The van der Waals surface area contributed by atoms with E-state index in [9.17, 15) is 18.9 Å². The van der Waals surface area contributed by atoms with E-state index in [1.165, 1.54) is 11.1 Å². The molecule has 3 aliphatic rings. The molecule has 1 saturated carbocycles. The highest BCUT2D eigenvalue weighted by Crippen LogP contribution is 2.43. The number of nitrogens with zero attached hydrogens (tertiary/aromatic N) is 4. The number of aliphatic hydroxyl groups excluding tert-OH is 1. The third-order valence-electron chi connectivity index (χ3n) is 11.0. The Morgan fingerprint density at radius 1 is 1.16 bits per heavy atom. The highest BCUT2D eigenvalue weighted by molar-refractivity contribution is 7.95. The minimum atomic E-state index is -1.34. The molecule has 11 nitrogen and oxygen atoms in total. The number of nitrogens with one attached hydrogen (secondary N) is 1. The van der Waals surface area contributed by atoms with Crippen molar-refractivity contribution in [3.8, 4) is 5.75 Å². The van der Waals surface area contributed by atoms with Gasteiger partial charge in [-0.1, -0.05) is 49.2 Å². The summed E-state index contributed by atoms with van der Waals surface area (Å²) in [6.07, 6.45) is 7.68. The number of amides is 2. The van der Waals surface area contributed by atoms with Gasteiger partial charge in [0.05, 0.1) is 25.0 Å². The Labute approximate surface area is 339 Å². The second-order valence-corrected chi connectivity index (χ2v) is 18.4. The van der Waals surface area contributed by atoms with E-state index in [-0.39, 0.29) is 23.8 Å². The molecule has 2 fully saturated rings. The van der Waals surface area contributed by atoms with Crippen LogP contribution < -0.4 is 14.4 Å². The van der Waals surface area contributed by atoms with Gasteiger partial charge in [0.1, 0.15) is 5.75 Å². The summed E-state index contributed by atoms with van der Waals surface area (Å²) in [6, 6.07) is 11.8. The van der Waals surface area contributed by atoms with Gasteiger partial charge in [-0.05, 0) is 92.6 Å². The van der Waals surface area contributed by atoms with Gasteiger partial charge in [0.15, 0.2) is 6.10 Å². The van der Waals surface area contributed by atoms with Gasteiger partial charge in [-0.3, -0.25) is 23.4 Å². The smallest absolute Gasteiger partial charge is 0.264 e. The van der Waals surface area contributed by atoms with E-state index < -0.39 is 22.8 Å². The monoisotopic (exact) mass is 817 g/mol. The fraction of sp³-hybridized carbons (Fsp3) is 0.610. The van der Waals surface area contributed by atoms with Crippen LogP contribution in [0.15, 0.2) is 48.6 Å². The third-order valence-corrected chi connectivity index (χ3v) is 13.2. The highest BCUT2D eigenvalue weighted by Gasteiger charge is 2.39. The summed E-state index contributed by atoms with van der Waals surface area (Å²) in [6.45, 7) is 9.42. The van der Waals surface area contributed by atoms with Crippen LogP contribution in [0.2, 0.25) is 5.02 Å². The van der Waals surface area contributed by atoms with Crippen molar-refractivity contribution in [1.29, 1.82) is 0 Å². The third kappa shape index (κ3) is 12.4. The summed E-state index contributed by atoms with van der Waals surface area (Å²) in [5.74, 6) is 2.41. The lowest BCUT2D eigenvalue weighted by Crippen LogP contribution is -2.45. The fourth-order valence-corrected chi connectivity index (χ4v) is 9.28. The zero-order valence-corrected chi connectivity index (χ0v) is 35.5. The Hall–Kier alpha value is -2.65. The Kier molecular flexibility index (Phi) is 16.8. The number of hydrogen-bond donors (Lipinski definition) is 2. The molecule has 0 bridgehead atoms. The van der Waals surface area contributed by atoms with Gasteiger partial charge >= 0.3 is 0 Å². The fourth-order valence-electron chi connectivity index (χ4n) is 7.58. The molecule has 0 radical (unpaired) electrons. The quantitative estimate of drug-likeness (QED) is 0.149. The van der Waals surface area contributed by atoms with Gasteiger partial charge in [-0.25, -0.2) is 4.31 Å². The summed E-state index contributed by atoms with van der Waals surface area (Å²) in [5, 5.41) is 11.9. The van der Waals surface area contributed by atoms with Crippen LogP contribution in [0.4, 0.5) is 5.69 Å². The Morgan fingerprint density at radius 3 is 2.64 bits per heavy atom. The van der Waals surface area contributed by atoms with Crippen LogP contribution in [0.3, 0.4) is 0 Å². The first-order chi connectivity index (χ1) is 26.4. The lowest BCUT2D eigenvalue weighted by molar-refractivity contribution is -0.128. The van der Waals surface area contributed by atoms with Crippen molar-refractivity contribution in [3.63, 3.8) is 0 Å². The van der Waals surface area contributed by atoms with Crippen LogP contribution in [0, 0.1) is 11.8 Å². The zero-order chi connectivity index (χ0) is 39.5. The van der Waals surface area contributed by atoms with Crippen molar-refractivity contribution in [3.05, 3.63) is 70.3 Å². The molecule has 0 aromatic heterocycles. The first-order valence-electron chi connectivity index (χ1n) is 19.6. The maximum Gasteiger partial charge on any atom is 0.264 e. The largest absolute Gasteiger partial charge is 0.491 e. The number of aryl methyl sites for hydroxylation is 1. The molecule has 304 valence electrons. The number of hydrogen-bond acceptors (Lipinski definition) is 10. The van der Waals surface area contributed by atoms with E-state index in [0.717, 1.165) is 86.9 Å². The van der Waals surface area contributed by atoms with Crippen molar-refractivity contribution in [1.82, 2.24) is 18.8 Å². The van der Waals surface area contributed by atoms with E-state index >= 15 is 0 Å². The minimum absolute atomic E-state index is 0.0481. The molecule has 5 atom stereocenters. The van der Waals surface area contributed by atoms with E-state index in [0.29, 0.717) is 49.3 Å². The molecular formula is C41H60ClN5O6S2. The SMILES string of the molecule is CCCc1cc(Cl)ccc1C1COc2ccc(C(O)C(=O)NSN(C)C)cc2N(CC2CCC2C(/C=C/CCN(C)C(C)=O)OCCN2CCS(=O)CC2)C1. The number of anilines is 1. The summed E-state index contributed by atoms with van der Waals surface area (Å²) >= 11 is 7.61. The molecular weight excluding hydrogens is 758 g/mol. The number of rotatable bonds is 18. The van der Waals surface area contributed by atoms with Crippen LogP contribution in [-0.2, 0) is 31.5 Å². The molecule has 2 amide bonds. The van der Waals surface area contributed by atoms with Gasteiger partial charge < -0.3 is 24.4 Å². The molecule has 14 heteroatoms. The normalized spacial score (nSPS) is 21.7. The molecule has 1 aliphatic carbocycles. The van der Waals surface area contributed by atoms with Gasteiger partial charge in [-0.15, -0.1) is 0 Å². The Bertz CT molecular complexity index is 1640. The van der Waals surface area contributed by atoms with E-state index in [1.807, 2.05) is 39.3 Å². The predicted molar refractivity (Wildman–Crippen MR) is 224 cm³/mol. The van der Waals surface area contributed by atoms with Crippen molar-refractivity contribution in [2.75, 3.05) is 90.0 Å². The van der Waals surface area contributed by atoms with Crippen LogP contribution in [0.5, 0.6) is 5.75 Å². The Balaban J connectivity index is 1.39. The van der Waals surface area contributed by atoms with Gasteiger partial charge in [0, 0.05) is 98.6 Å². The molecule has 5 unspecified atom stereocenters. The molecule has 55 heavy (non-hydrogen) atoms. The average Bonchev–Trinajstić information content (AvgIpc) is 3.33. The second-order valence-electron chi connectivity index (χ2n) is 15.2.